The van der Waals surface area contributed by atoms with Crippen LogP contribution in [0.25, 0.3) is 0 Å². The molecular formula is C14H21NOS. The van der Waals surface area contributed by atoms with Gasteiger partial charge in [-0.15, -0.1) is 11.8 Å². The summed E-state index contributed by atoms with van der Waals surface area (Å²) in [5.41, 5.74) is 1.28. The van der Waals surface area contributed by atoms with Crippen LogP contribution >= 0.6 is 11.8 Å². The summed E-state index contributed by atoms with van der Waals surface area (Å²) in [6.07, 6.45) is 8.88. The highest BCUT2D eigenvalue weighted by molar-refractivity contribution is 8.00. The number of aromatic nitrogens is 1. The third-order valence-corrected chi connectivity index (χ3v) is 3.54. The zero-order valence-electron chi connectivity index (χ0n) is 10.7. The van der Waals surface area contributed by atoms with Gasteiger partial charge in [-0.2, -0.15) is 0 Å². The van der Waals surface area contributed by atoms with Crippen molar-refractivity contribution >= 4 is 17.5 Å². The van der Waals surface area contributed by atoms with Crippen LogP contribution in [0.4, 0.5) is 0 Å². The zero-order chi connectivity index (χ0) is 12.5. The van der Waals surface area contributed by atoms with Crippen LogP contribution in [-0.2, 0) is 11.2 Å². The number of pyridine rings is 1. The highest BCUT2D eigenvalue weighted by Gasteiger charge is 2.03. The molecule has 0 bridgehead atoms. The fraction of sp³-hybridized carbons (Fsp3) is 0.571. The molecule has 0 aliphatic carbocycles. The maximum Gasteiger partial charge on any atom is 0.143 e. The van der Waals surface area contributed by atoms with Gasteiger partial charge in [0.15, 0.2) is 0 Å². The minimum absolute atomic E-state index is 0.330. The van der Waals surface area contributed by atoms with Crippen LogP contribution in [0.1, 0.15) is 45.1 Å². The van der Waals surface area contributed by atoms with Crippen LogP contribution in [0.3, 0.4) is 0 Å². The number of carbonyl (C=O) groups excluding carboxylic acids is 1. The van der Waals surface area contributed by atoms with Gasteiger partial charge in [0.25, 0.3) is 0 Å². The number of nitrogens with zero attached hydrogens (tertiary/aromatic N) is 1. The molecule has 0 unspecified atom stereocenters. The molecule has 0 saturated carbocycles. The molecule has 0 aromatic carbocycles. The summed E-state index contributed by atoms with van der Waals surface area (Å²) in [4.78, 5) is 16.8. The second-order valence-corrected chi connectivity index (χ2v) is 5.26. The molecule has 0 N–H and O–H groups in total. The Balaban J connectivity index is 2.45. The van der Waals surface area contributed by atoms with Crippen molar-refractivity contribution in [2.24, 2.45) is 0 Å². The number of unbranched alkanes of at least 4 members (excludes halogenated alkanes) is 1. The summed E-state index contributed by atoms with van der Waals surface area (Å²) in [7, 11) is 0. The number of thioether (sulfide) groups is 1. The van der Waals surface area contributed by atoms with Gasteiger partial charge in [-0.1, -0.05) is 20.3 Å². The van der Waals surface area contributed by atoms with Crippen LogP contribution in [0, 0.1) is 0 Å². The van der Waals surface area contributed by atoms with Gasteiger partial charge in [-0.05, 0) is 30.9 Å². The van der Waals surface area contributed by atoms with E-state index in [0.717, 1.165) is 17.7 Å². The molecule has 0 fully saturated rings. The maximum atomic E-state index is 11.4. The molecule has 17 heavy (non-hydrogen) atoms. The van der Waals surface area contributed by atoms with Crippen molar-refractivity contribution in [3.63, 3.8) is 0 Å². The SMILES string of the molecule is CCCCc1cncc(SCC(=O)CCC)c1. The second-order valence-electron chi connectivity index (χ2n) is 4.21. The number of aryl methyl sites for hydroxylation is 1. The molecule has 0 spiro atoms. The predicted molar refractivity (Wildman–Crippen MR) is 73.5 cm³/mol. The van der Waals surface area contributed by atoms with Crippen molar-refractivity contribution < 1.29 is 4.79 Å². The van der Waals surface area contributed by atoms with Crippen LogP contribution in [0.5, 0.6) is 0 Å². The number of ketones is 1. The van der Waals surface area contributed by atoms with Gasteiger partial charge in [0.2, 0.25) is 0 Å². The molecule has 0 saturated heterocycles. The Labute approximate surface area is 108 Å². The molecule has 0 amide bonds. The minimum atomic E-state index is 0.330. The number of hydrogen-bond donors (Lipinski definition) is 0. The van der Waals surface area contributed by atoms with E-state index in [1.54, 1.807) is 11.8 Å². The monoisotopic (exact) mass is 251 g/mol. The predicted octanol–water partition coefficient (Wildman–Crippen LogP) is 3.89. The van der Waals surface area contributed by atoms with E-state index in [1.165, 1.54) is 18.4 Å². The zero-order valence-corrected chi connectivity index (χ0v) is 11.6. The van der Waals surface area contributed by atoms with Gasteiger partial charge >= 0.3 is 0 Å². The number of rotatable bonds is 8. The first-order valence-corrected chi connectivity index (χ1v) is 7.33. The summed E-state index contributed by atoms with van der Waals surface area (Å²) in [5.74, 6) is 0.906. The minimum Gasteiger partial charge on any atom is -0.299 e. The van der Waals surface area contributed by atoms with Crippen LogP contribution in [0.15, 0.2) is 23.4 Å². The molecule has 3 heteroatoms. The van der Waals surface area contributed by atoms with Crippen molar-refractivity contribution in [3.05, 3.63) is 24.0 Å². The molecule has 1 rings (SSSR count). The third-order valence-electron chi connectivity index (χ3n) is 2.52. The van der Waals surface area contributed by atoms with E-state index in [0.29, 0.717) is 18.0 Å². The third kappa shape index (κ3) is 5.87. The molecule has 94 valence electrons. The number of hydrogen-bond acceptors (Lipinski definition) is 3. The van der Waals surface area contributed by atoms with E-state index < -0.39 is 0 Å². The van der Waals surface area contributed by atoms with Gasteiger partial charge in [0, 0.05) is 23.7 Å². The highest BCUT2D eigenvalue weighted by atomic mass is 32.2. The molecule has 0 aliphatic rings. The molecule has 0 aliphatic heterocycles. The number of Topliss-reactive ketones (excluding diaryl/α,β-unsaturated/α-hetero) is 1. The van der Waals surface area contributed by atoms with E-state index >= 15 is 0 Å². The average Bonchev–Trinajstić information content (AvgIpc) is 2.35. The Morgan fingerprint density at radius 1 is 1.29 bits per heavy atom. The smallest absolute Gasteiger partial charge is 0.143 e. The first-order chi connectivity index (χ1) is 8.26. The van der Waals surface area contributed by atoms with Crippen molar-refractivity contribution in [3.8, 4) is 0 Å². The highest BCUT2D eigenvalue weighted by Crippen LogP contribution is 2.19. The number of carbonyl (C=O) groups is 1. The Kier molecular flexibility index (Phi) is 6.94. The van der Waals surface area contributed by atoms with Gasteiger partial charge in [0.1, 0.15) is 5.78 Å². The molecule has 2 nitrogen and oxygen atoms in total. The Hall–Kier alpha value is -0.830. The fourth-order valence-corrected chi connectivity index (χ4v) is 2.42. The first-order valence-electron chi connectivity index (χ1n) is 6.34. The van der Waals surface area contributed by atoms with Gasteiger partial charge in [0.05, 0.1) is 5.75 Å². The van der Waals surface area contributed by atoms with Gasteiger partial charge in [-0.25, -0.2) is 0 Å². The lowest BCUT2D eigenvalue weighted by Gasteiger charge is -2.03. The molecule has 1 aromatic rings. The molecule has 0 atom stereocenters. The van der Waals surface area contributed by atoms with Crippen LogP contribution in [0.2, 0.25) is 0 Å². The van der Waals surface area contributed by atoms with Crippen molar-refractivity contribution in [2.75, 3.05) is 5.75 Å². The van der Waals surface area contributed by atoms with Crippen molar-refractivity contribution in [1.29, 1.82) is 0 Å². The lowest BCUT2D eigenvalue weighted by Crippen LogP contribution is -2.00. The van der Waals surface area contributed by atoms with Crippen molar-refractivity contribution in [2.45, 2.75) is 50.8 Å². The maximum absolute atomic E-state index is 11.4. The van der Waals surface area contributed by atoms with E-state index in [-0.39, 0.29) is 0 Å². The average molecular weight is 251 g/mol. The first kappa shape index (κ1) is 14.2. The van der Waals surface area contributed by atoms with E-state index in [1.807, 2.05) is 19.3 Å². The topological polar surface area (TPSA) is 30.0 Å². The molecule has 0 radical (unpaired) electrons. The largest absolute Gasteiger partial charge is 0.299 e. The van der Waals surface area contributed by atoms with Gasteiger partial charge in [-0.3, -0.25) is 9.78 Å². The normalized spacial score (nSPS) is 10.5. The van der Waals surface area contributed by atoms with Crippen molar-refractivity contribution in [1.82, 2.24) is 4.98 Å². The lowest BCUT2D eigenvalue weighted by molar-refractivity contribution is -0.116. The Bertz CT molecular complexity index is 352. The lowest BCUT2D eigenvalue weighted by atomic mass is 10.1. The van der Waals surface area contributed by atoms with Gasteiger partial charge < -0.3 is 0 Å². The fourth-order valence-electron chi connectivity index (χ4n) is 1.58. The summed E-state index contributed by atoms with van der Waals surface area (Å²) >= 11 is 1.60. The molecular weight excluding hydrogens is 230 g/mol. The summed E-state index contributed by atoms with van der Waals surface area (Å²) in [6, 6.07) is 2.16. The Morgan fingerprint density at radius 3 is 2.82 bits per heavy atom. The van der Waals surface area contributed by atoms with E-state index in [2.05, 4.69) is 18.0 Å². The standard InChI is InChI=1S/C14H21NOS/c1-3-5-7-12-8-14(10-15-9-12)17-11-13(16)6-4-2/h8-10H,3-7,11H2,1-2H3. The summed E-state index contributed by atoms with van der Waals surface area (Å²) in [5, 5.41) is 0. The summed E-state index contributed by atoms with van der Waals surface area (Å²) in [6.45, 7) is 4.23. The van der Waals surface area contributed by atoms with Crippen LogP contribution < -0.4 is 0 Å². The summed E-state index contributed by atoms with van der Waals surface area (Å²) < 4.78 is 0. The van der Waals surface area contributed by atoms with E-state index in [4.69, 9.17) is 0 Å². The molecule has 1 heterocycles. The van der Waals surface area contributed by atoms with E-state index in [9.17, 15) is 4.79 Å². The Morgan fingerprint density at radius 2 is 2.12 bits per heavy atom. The van der Waals surface area contributed by atoms with Crippen LogP contribution in [-0.4, -0.2) is 16.5 Å². The quantitative estimate of drug-likeness (QED) is 0.657. The molecule has 1 aromatic heterocycles. The second kappa shape index (κ2) is 8.29.